The van der Waals surface area contributed by atoms with E-state index in [0.29, 0.717) is 11.3 Å². The molecule has 1 fully saturated rings. The van der Waals surface area contributed by atoms with Crippen LogP contribution in [0.1, 0.15) is 41.7 Å². The van der Waals surface area contributed by atoms with Gasteiger partial charge in [-0.2, -0.15) is 5.26 Å². The van der Waals surface area contributed by atoms with Crippen LogP contribution in [0.3, 0.4) is 0 Å². The smallest absolute Gasteiger partial charge is 0.238 e. The van der Waals surface area contributed by atoms with Crippen LogP contribution in [-0.2, 0) is 20.4 Å². The number of benzene rings is 3. The van der Waals surface area contributed by atoms with Crippen molar-refractivity contribution < 1.29 is 9.59 Å². The van der Waals surface area contributed by atoms with Gasteiger partial charge in [-0.15, -0.1) is 0 Å². The van der Waals surface area contributed by atoms with Crippen LogP contribution in [0.25, 0.3) is 0 Å². The Kier molecular flexibility index (Phi) is 3.33. The minimum absolute atomic E-state index is 0.155. The number of anilines is 1. The second-order valence-corrected chi connectivity index (χ2v) is 9.12. The summed E-state index contributed by atoms with van der Waals surface area (Å²) in [5.74, 6) is -1.24. The van der Waals surface area contributed by atoms with Gasteiger partial charge >= 0.3 is 0 Å². The van der Waals surface area contributed by atoms with Gasteiger partial charge in [0, 0.05) is 10.8 Å². The molecular formula is C27H20N2O2. The molecule has 2 bridgehead atoms. The van der Waals surface area contributed by atoms with E-state index in [0.717, 1.165) is 22.3 Å². The molecule has 1 heterocycles. The third kappa shape index (κ3) is 1.90. The van der Waals surface area contributed by atoms with Gasteiger partial charge in [-0.05, 0) is 46.5 Å². The third-order valence-electron chi connectivity index (χ3n) is 7.90. The van der Waals surface area contributed by atoms with Crippen molar-refractivity contribution in [2.24, 2.45) is 11.8 Å². The Bertz CT molecular complexity index is 1210. The number of carbonyl (C=O) groups is 2. The van der Waals surface area contributed by atoms with Crippen LogP contribution in [0.15, 0.2) is 72.8 Å². The molecule has 0 aromatic heterocycles. The largest absolute Gasteiger partial charge is 0.274 e. The summed E-state index contributed by atoms with van der Waals surface area (Å²) in [4.78, 5) is 29.2. The van der Waals surface area contributed by atoms with Crippen molar-refractivity contribution in [1.82, 2.24) is 0 Å². The average molecular weight is 404 g/mol. The van der Waals surface area contributed by atoms with Crippen LogP contribution in [-0.4, -0.2) is 11.8 Å². The molecular weight excluding hydrogens is 384 g/mol. The Balaban J connectivity index is 1.63. The van der Waals surface area contributed by atoms with Crippen LogP contribution in [0.4, 0.5) is 5.69 Å². The molecule has 2 atom stereocenters. The maximum Gasteiger partial charge on any atom is 0.238 e. The first kappa shape index (κ1) is 18.1. The second kappa shape index (κ2) is 5.70. The average Bonchev–Trinajstić information content (AvgIpc) is 3.08. The molecule has 3 aromatic rings. The zero-order valence-corrected chi connectivity index (χ0v) is 17.3. The Labute approximate surface area is 180 Å². The van der Waals surface area contributed by atoms with Crippen LogP contribution in [0, 0.1) is 23.2 Å². The van der Waals surface area contributed by atoms with E-state index < -0.39 is 22.7 Å². The lowest BCUT2D eigenvalue weighted by atomic mass is 9.42. The predicted octanol–water partition coefficient (Wildman–Crippen LogP) is 4.30. The van der Waals surface area contributed by atoms with E-state index in [1.54, 1.807) is 24.3 Å². The predicted molar refractivity (Wildman–Crippen MR) is 116 cm³/mol. The van der Waals surface area contributed by atoms with Gasteiger partial charge < -0.3 is 0 Å². The summed E-state index contributed by atoms with van der Waals surface area (Å²) < 4.78 is 0. The minimum Gasteiger partial charge on any atom is -0.274 e. The summed E-state index contributed by atoms with van der Waals surface area (Å²) >= 11 is 0. The monoisotopic (exact) mass is 404 g/mol. The first-order valence-electron chi connectivity index (χ1n) is 10.5. The van der Waals surface area contributed by atoms with Gasteiger partial charge in [0.25, 0.3) is 0 Å². The van der Waals surface area contributed by atoms with Crippen molar-refractivity contribution >= 4 is 17.5 Å². The molecule has 4 aliphatic rings. The molecule has 0 radical (unpaired) electrons. The molecule has 4 nitrogen and oxygen atoms in total. The highest BCUT2D eigenvalue weighted by Crippen LogP contribution is 2.66. The first-order valence-corrected chi connectivity index (χ1v) is 10.5. The van der Waals surface area contributed by atoms with E-state index in [1.807, 2.05) is 24.3 Å². The van der Waals surface area contributed by atoms with Crippen LogP contribution >= 0.6 is 0 Å². The van der Waals surface area contributed by atoms with E-state index in [-0.39, 0.29) is 11.8 Å². The number of hydrogen-bond acceptors (Lipinski definition) is 3. The number of nitrogens with zero attached hydrogens (tertiary/aromatic N) is 2. The fraction of sp³-hybridized carbons (Fsp3) is 0.222. The topological polar surface area (TPSA) is 61.2 Å². The summed E-state index contributed by atoms with van der Waals surface area (Å²) in [6.07, 6.45) is 0. The molecule has 2 amide bonds. The normalized spacial score (nSPS) is 29.9. The Morgan fingerprint density at radius 3 is 1.45 bits per heavy atom. The van der Waals surface area contributed by atoms with Gasteiger partial charge in [-0.1, -0.05) is 62.4 Å². The highest BCUT2D eigenvalue weighted by Gasteiger charge is 2.70. The highest BCUT2D eigenvalue weighted by molar-refractivity contribution is 6.24. The van der Waals surface area contributed by atoms with Crippen molar-refractivity contribution in [3.8, 4) is 6.07 Å². The lowest BCUT2D eigenvalue weighted by Crippen LogP contribution is -2.59. The van der Waals surface area contributed by atoms with E-state index in [1.165, 1.54) is 4.90 Å². The second-order valence-electron chi connectivity index (χ2n) is 9.12. The molecule has 7 rings (SSSR count). The summed E-state index contributed by atoms with van der Waals surface area (Å²) in [5, 5.41) is 9.11. The maximum absolute atomic E-state index is 13.9. The summed E-state index contributed by atoms with van der Waals surface area (Å²) in [5.41, 5.74) is 4.43. The van der Waals surface area contributed by atoms with Crippen molar-refractivity contribution in [1.29, 1.82) is 5.26 Å². The Morgan fingerprint density at radius 2 is 1.10 bits per heavy atom. The molecule has 0 unspecified atom stereocenters. The SMILES string of the molecule is CC12c3ccccc3C(C)(c3ccccc31)[C@@H]1C(=O)N(c3ccc(C#N)cc3)C(=O)[C@H]12. The van der Waals surface area contributed by atoms with E-state index >= 15 is 0 Å². The lowest BCUT2D eigenvalue weighted by Gasteiger charge is -2.57. The van der Waals surface area contributed by atoms with Crippen LogP contribution < -0.4 is 4.90 Å². The number of carbonyl (C=O) groups excluding carboxylic acids is 2. The van der Waals surface area contributed by atoms with Crippen LogP contribution in [0.5, 0.6) is 0 Å². The van der Waals surface area contributed by atoms with E-state index in [9.17, 15) is 9.59 Å². The fourth-order valence-electron chi connectivity index (χ4n) is 6.51. The number of rotatable bonds is 1. The number of nitriles is 1. The molecule has 0 spiro atoms. The number of imide groups is 1. The van der Waals surface area contributed by atoms with Gasteiger partial charge in [0.05, 0.1) is 29.2 Å². The summed E-state index contributed by atoms with van der Waals surface area (Å²) in [7, 11) is 0. The van der Waals surface area contributed by atoms with Gasteiger partial charge in [0.15, 0.2) is 0 Å². The van der Waals surface area contributed by atoms with Crippen molar-refractivity contribution in [3.05, 3.63) is 101 Å². The van der Waals surface area contributed by atoms with Gasteiger partial charge in [-0.3, -0.25) is 9.59 Å². The molecule has 150 valence electrons. The molecule has 31 heavy (non-hydrogen) atoms. The van der Waals surface area contributed by atoms with Crippen molar-refractivity contribution in [2.75, 3.05) is 4.90 Å². The summed E-state index contributed by atoms with van der Waals surface area (Å²) in [6.45, 7) is 4.24. The third-order valence-corrected chi connectivity index (χ3v) is 7.90. The van der Waals surface area contributed by atoms with Crippen molar-refractivity contribution in [3.63, 3.8) is 0 Å². The lowest BCUT2D eigenvalue weighted by molar-refractivity contribution is -0.124. The zero-order valence-electron chi connectivity index (χ0n) is 17.3. The molecule has 4 heteroatoms. The van der Waals surface area contributed by atoms with Gasteiger partial charge in [0.1, 0.15) is 0 Å². The van der Waals surface area contributed by atoms with Crippen LogP contribution in [0.2, 0.25) is 0 Å². The number of amides is 2. The minimum atomic E-state index is -0.580. The molecule has 0 N–H and O–H groups in total. The molecule has 0 saturated carbocycles. The zero-order chi connectivity index (χ0) is 21.5. The van der Waals surface area contributed by atoms with E-state index in [2.05, 4.69) is 44.2 Å². The molecule has 3 aliphatic carbocycles. The first-order chi connectivity index (χ1) is 14.9. The molecule has 1 aliphatic heterocycles. The van der Waals surface area contributed by atoms with E-state index in [4.69, 9.17) is 5.26 Å². The Hall–Kier alpha value is -3.71. The molecule has 3 aromatic carbocycles. The fourth-order valence-corrected chi connectivity index (χ4v) is 6.51. The molecule has 1 saturated heterocycles. The van der Waals surface area contributed by atoms with Gasteiger partial charge in [0.2, 0.25) is 11.8 Å². The summed E-state index contributed by atoms with van der Waals surface area (Å²) in [6, 6.07) is 25.3. The quantitative estimate of drug-likeness (QED) is 0.568. The number of hydrogen-bond donors (Lipinski definition) is 0. The van der Waals surface area contributed by atoms with Gasteiger partial charge in [-0.25, -0.2) is 4.90 Å². The standard InChI is InChI=1S/C27H20N2O2/c1-26-18-7-3-5-9-20(18)27(2,21-10-6-4-8-19(21)26)23-22(26)24(30)29(25(23)31)17-13-11-16(15-28)12-14-17/h3-14,22-23H,1-2H3/t22-,23-,26?,27?/m0/s1. The Morgan fingerprint density at radius 1 is 0.710 bits per heavy atom. The van der Waals surface area contributed by atoms with Crippen molar-refractivity contribution in [2.45, 2.75) is 24.7 Å². The maximum atomic E-state index is 13.9. The highest BCUT2D eigenvalue weighted by atomic mass is 16.2.